The number of fused-ring (bicyclic) bond motifs is 1. The summed E-state index contributed by atoms with van der Waals surface area (Å²) in [5.41, 5.74) is 1.19. The lowest BCUT2D eigenvalue weighted by Crippen LogP contribution is -1.99. The number of H-pyrrole nitrogens is 1. The van der Waals surface area contributed by atoms with Gasteiger partial charge in [0.05, 0.1) is 6.42 Å². The summed E-state index contributed by atoms with van der Waals surface area (Å²) in [5, 5.41) is 18.9. The number of aliphatic carboxylic acids is 1. The SMILES string of the molecule is O=C(O)Cc1c(O)[nH]c2ccccc12. The molecule has 1 heterocycles. The fourth-order valence-electron chi connectivity index (χ4n) is 1.52. The molecule has 0 aliphatic carbocycles. The largest absolute Gasteiger partial charge is 0.494 e. The molecule has 0 bridgehead atoms. The molecule has 0 saturated heterocycles. The third-order valence-corrected chi connectivity index (χ3v) is 2.12. The Morgan fingerprint density at radius 3 is 2.79 bits per heavy atom. The van der Waals surface area contributed by atoms with Crippen LogP contribution in [0, 0.1) is 0 Å². The molecule has 0 aliphatic rings. The normalized spacial score (nSPS) is 10.6. The van der Waals surface area contributed by atoms with Crippen LogP contribution in [0.1, 0.15) is 5.56 Å². The van der Waals surface area contributed by atoms with Crippen molar-refractivity contribution in [3.63, 3.8) is 0 Å². The van der Waals surface area contributed by atoms with Crippen LogP contribution in [-0.2, 0) is 11.2 Å². The molecule has 14 heavy (non-hydrogen) atoms. The Balaban J connectivity index is 2.62. The van der Waals surface area contributed by atoms with Crippen LogP contribution in [0.4, 0.5) is 0 Å². The molecule has 3 N–H and O–H groups in total. The van der Waals surface area contributed by atoms with Crippen LogP contribution >= 0.6 is 0 Å². The lowest BCUT2D eigenvalue weighted by Gasteiger charge is -1.94. The molecule has 2 rings (SSSR count). The predicted molar refractivity (Wildman–Crippen MR) is 51.3 cm³/mol. The number of benzene rings is 1. The number of carboxylic acids is 1. The highest BCUT2D eigenvalue weighted by Gasteiger charge is 2.12. The maximum Gasteiger partial charge on any atom is 0.308 e. The number of hydrogen-bond donors (Lipinski definition) is 3. The number of hydrogen-bond acceptors (Lipinski definition) is 2. The second-order valence-electron chi connectivity index (χ2n) is 3.07. The molecule has 0 saturated carbocycles. The quantitative estimate of drug-likeness (QED) is 0.673. The number of aromatic hydroxyl groups is 1. The molecule has 0 spiro atoms. The first-order valence-electron chi connectivity index (χ1n) is 4.19. The van der Waals surface area contributed by atoms with Crippen molar-refractivity contribution in [3.8, 4) is 5.88 Å². The molecule has 4 heteroatoms. The number of aromatic nitrogens is 1. The second kappa shape index (κ2) is 3.06. The third-order valence-electron chi connectivity index (χ3n) is 2.12. The molecule has 0 fully saturated rings. The first-order valence-corrected chi connectivity index (χ1v) is 4.19. The highest BCUT2D eigenvalue weighted by atomic mass is 16.4. The van der Waals surface area contributed by atoms with Crippen molar-refractivity contribution in [1.82, 2.24) is 4.98 Å². The summed E-state index contributed by atoms with van der Waals surface area (Å²) in [6.07, 6.45) is -0.171. The van der Waals surface area contributed by atoms with Gasteiger partial charge in [-0.25, -0.2) is 0 Å². The summed E-state index contributed by atoms with van der Waals surface area (Å²) in [4.78, 5) is 13.3. The van der Waals surface area contributed by atoms with Gasteiger partial charge in [0.25, 0.3) is 0 Å². The van der Waals surface area contributed by atoms with Crippen LogP contribution in [0.2, 0.25) is 0 Å². The second-order valence-corrected chi connectivity index (χ2v) is 3.07. The summed E-state index contributed by atoms with van der Waals surface area (Å²) in [6.45, 7) is 0. The van der Waals surface area contributed by atoms with Crippen LogP contribution in [0.25, 0.3) is 10.9 Å². The highest BCUT2D eigenvalue weighted by Crippen LogP contribution is 2.27. The van der Waals surface area contributed by atoms with Crippen molar-refractivity contribution in [2.45, 2.75) is 6.42 Å². The molecule has 0 radical (unpaired) electrons. The van der Waals surface area contributed by atoms with Gasteiger partial charge in [-0.05, 0) is 6.07 Å². The number of para-hydroxylation sites is 1. The standard InChI is InChI=1S/C10H9NO3/c12-9(13)5-7-6-3-1-2-4-8(6)11-10(7)14/h1-4,11,14H,5H2,(H,12,13). The smallest absolute Gasteiger partial charge is 0.308 e. The Hall–Kier alpha value is -1.97. The van der Waals surface area contributed by atoms with Crippen molar-refractivity contribution < 1.29 is 15.0 Å². The Bertz CT molecular complexity index is 487. The molecule has 1 aromatic heterocycles. The zero-order valence-corrected chi connectivity index (χ0v) is 7.32. The van der Waals surface area contributed by atoms with Gasteiger partial charge >= 0.3 is 5.97 Å². The molecule has 0 aliphatic heterocycles. The molecule has 72 valence electrons. The van der Waals surface area contributed by atoms with E-state index in [1.807, 2.05) is 6.07 Å². The van der Waals surface area contributed by atoms with Crippen molar-refractivity contribution in [2.24, 2.45) is 0 Å². The Morgan fingerprint density at radius 2 is 2.07 bits per heavy atom. The summed E-state index contributed by atoms with van der Waals surface area (Å²) >= 11 is 0. The molecule has 0 unspecified atom stereocenters. The number of nitrogens with one attached hydrogen (secondary N) is 1. The van der Waals surface area contributed by atoms with Gasteiger partial charge in [0.2, 0.25) is 0 Å². The number of rotatable bonds is 2. The minimum atomic E-state index is -0.954. The fraction of sp³-hybridized carbons (Fsp3) is 0.100. The van der Waals surface area contributed by atoms with E-state index < -0.39 is 5.97 Å². The first kappa shape index (κ1) is 8.62. The van der Waals surface area contributed by atoms with E-state index >= 15 is 0 Å². The number of carboxylic acid groups (broad SMARTS) is 1. The van der Waals surface area contributed by atoms with E-state index in [1.54, 1.807) is 18.2 Å². The maximum absolute atomic E-state index is 10.5. The molecular weight excluding hydrogens is 182 g/mol. The first-order chi connectivity index (χ1) is 6.68. The van der Waals surface area contributed by atoms with E-state index in [2.05, 4.69) is 4.98 Å². The topological polar surface area (TPSA) is 73.3 Å². The minimum absolute atomic E-state index is 0.0615. The monoisotopic (exact) mass is 191 g/mol. The summed E-state index contributed by atoms with van der Waals surface area (Å²) in [5.74, 6) is -1.02. The van der Waals surface area contributed by atoms with E-state index in [1.165, 1.54) is 0 Å². The highest BCUT2D eigenvalue weighted by molar-refractivity contribution is 5.89. The van der Waals surface area contributed by atoms with Crippen molar-refractivity contribution in [3.05, 3.63) is 29.8 Å². The van der Waals surface area contributed by atoms with E-state index in [4.69, 9.17) is 5.11 Å². The van der Waals surface area contributed by atoms with Crippen LogP contribution in [0.5, 0.6) is 5.88 Å². The zero-order valence-electron chi connectivity index (χ0n) is 7.32. The summed E-state index contributed by atoms with van der Waals surface area (Å²) in [6, 6.07) is 7.20. The number of aromatic amines is 1. The lowest BCUT2D eigenvalue weighted by atomic mass is 10.1. The number of carbonyl (C=O) groups is 1. The van der Waals surface area contributed by atoms with E-state index in [-0.39, 0.29) is 12.3 Å². The Morgan fingerprint density at radius 1 is 1.36 bits per heavy atom. The van der Waals surface area contributed by atoms with E-state index in [0.717, 1.165) is 10.9 Å². The van der Waals surface area contributed by atoms with E-state index in [9.17, 15) is 9.90 Å². The van der Waals surface area contributed by atoms with Crippen LogP contribution < -0.4 is 0 Å². The van der Waals surface area contributed by atoms with Gasteiger partial charge in [0, 0.05) is 16.5 Å². The molecular formula is C10H9NO3. The Labute approximate surface area is 79.8 Å². The van der Waals surface area contributed by atoms with Gasteiger partial charge in [-0.15, -0.1) is 0 Å². The molecule has 2 aromatic rings. The van der Waals surface area contributed by atoms with E-state index in [0.29, 0.717) is 5.56 Å². The van der Waals surface area contributed by atoms with Gasteiger partial charge < -0.3 is 15.2 Å². The Kier molecular flexibility index (Phi) is 1.89. The van der Waals surface area contributed by atoms with Crippen molar-refractivity contribution in [1.29, 1.82) is 0 Å². The van der Waals surface area contributed by atoms with Crippen molar-refractivity contribution in [2.75, 3.05) is 0 Å². The molecule has 4 nitrogen and oxygen atoms in total. The average molecular weight is 191 g/mol. The fourth-order valence-corrected chi connectivity index (χ4v) is 1.52. The minimum Gasteiger partial charge on any atom is -0.494 e. The molecule has 1 aromatic carbocycles. The summed E-state index contributed by atoms with van der Waals surface area (Å²) in [7, 11) is 0. The van der Waals surface area contributed by atoms with Crippen LogP contribution in [0.3, 0.4) is 0 Å². The lowest BCUT2D eigenvalue weighted by molar-refractivity contribution is -0.136. The van der Waals surface area contributed by atoms with Crippen LogP contribution in [-0.4, -0.2) is 21.2 Å². The van der Waals surface area contributed by atoms with Gasteiger partial charge in [0.1, 0.15) is 0 Å². The molecule has 0 amide bonds. The predicted octanol–water partition coefficient (Wildman–Crippen LogP) is 1.50. The zero-order chi connectivity index (χ0) is 10.1. The van der Waals surface area contributed by atoms with Crippen LogP contribution in [0.15, 0.2) is 24.3 Å². The van der Waals surface area contributed by atoms with Gasteiger partial charge in [-0.2, -0.15) is 0 Å². The maximum atomic E-state index is 10.5. The molecule has 0 atom stereocenters. The van der Waals surface area contributed by atoms with Gasteiger partial charge in [0.15, 0.2) is 5.88 Å². The van der Waals surface area contributed by atoms with Gasteiger partial charge in [-0.1, -0.05) is 18.2 Å². The van der Waals surface area contributed by atoms with Crippen molar-refractivity contribution >= 4 is 16.9 Å². The third kappa shape index (κ3) is 1.31. The van der Waals surface area contributed by atoms with Gasteiger partial charge in [-0.3, -0.25) is 4.79 Å². The summed E-state index contributed by atoms with van der Waals surface area (Å²) < 4.78 is 0. The average Bonchev–Trinajstić information content (AvgIpc) is 2.43.